The number of para-hydroxylation sites is 1. The minimum atomic E-state index is 0.311. The van der Waals surface area contributed by atoms with Crippen LogP contribution >= 0.6 is 0 Å². The number of fused-ring (bicyclic) bond motifs is 1. The van der Waals surface area contributed by atoms with Crippen LogP contribution in [0.2, 0.25) is 0 Å². The first-order valence-electron chi connectivity index (χ1n) is 6.28. The van der Waals surface area contributed by atoms with Crippen LogP contribution in [0.1, 0.15) is 13.3 Å². The number of benzene rings is 1. The maximum atomic E-state index is 5.53. The minimum Gasteiger partial charge on any atom is -0.378 e. The number of ether oxygens (including phenoxy) is 1. The summed E-state index contributed by atoms with van der Waals surface area (Å²) in [6, 6.07) is 7.74. The van der Waals surface area contributed by atoms with Crippen molar-refractivity contribution in [2.24, 2.45) is 5.92 Å². The van der Waals surface area contributed by atoms with E-state index in [1.54, 1.807) is 0 Å². The topological polar surface area (TPSA) is 59.9 Å². The summed E-state index contributed by atoms with van der Waals surface area (Å²) in [4.78, 5) is 4.44. The van der Waals surface area contributed by atoms with Gasteiger partial charge in [0.1, 0.15) is 5.52 Å². The third kappa shape index (κ3) is 2.26. The van der Waals surface area contributed by atoms with Crippen molar-refractivity contribution in [3.8, 4) is 0 Å². The Kier molecular flexibility index (Phi) is 3.06. The van der Waals surface area contributed by atoms with Gasteiger partial charge in [0.05, 0.1) is 11.6 Å². The lowest BCUT2D eigenvalue weighted by Crippen LogP contribution is -2.21. The Morgan fingerprint density at radius 2 is 2.11 bits per heavy atom. The summed E-state index contributed by atoms with van der Waals surface area (Å²) >= 11 is 0. The zero-order valence-electron chi connectivity index (χ0n) is 10.3. The van der Waals surface area contributed by atoms with E-state index in [0.29, 0.717) is 18.0 Å². The summed E-state index contributed by atoms with van der Waals surface area (Å²) < 4.78 is 5.53. The number of hydrogen-bond acceptors (Lipinski definition) is 5. The van der Waals surface area contributed by atoms with E-state index in [1.807, 2.05) is 24.3 Å². The molecule has 2 aromatic rings. The van der Waals surface area contributed by atoms with Crippen LogP contribution in [0.5, 0.6) is 0 Å². The summed E-state index contributed by atoms with van der Waals surface area (Å²) in [5, 5.41) is 11.5. The average molecular weight is 244 g/mol. The highest BCUT2D eigenvalue weighted by Crippen LogP contribution is 2.20. The molecule has 1 aliphatic rings. The number of rotatable bonds is 3. The summed E-state index contributed by atoms with van der Waals surface area (Å²) in [5.74, 6) is 1.12. The number of nitrogens with zero attached hydrogens (tertiary/aromatic N) is 3. The van der Waals surface area contributed by atoms with Crippen molar-refractivity contribution in [2.45, 2.75) is 19.4 Å². The van der Waals surface area contributed by atoms with Crippen LogP contribution < -0.4 is 5.32 Å². The molecule has 5 heteroatoms. The van der Waals surface area contributed by atoms with Crippen LogP contribution in [0.25, 0.3) is 11.0 Å². The second-order valence-corrected chi connectivity index (χ2v) is 4.63. The van der Waals surface area contributed by atoms with Gasteiger partial charge in [-0.25, -0.2) is 4.98 Å². The Morgan fingerprint density at radius 1 is 1.28 bits per heavy atom. The lowest BCUT2D eigenvalue weighted by atomic mass is 10.0. The largest absolute Gasteiger partial charge is 0.378 e. The Bertz CT molecular complexity index is 545. The van der Waals surface area contributed by atoms with E-state index in [0.717, 1.165) is 30.6 Å². The minimum absolute atomic E-state index is 0.311. The fourth-order valence-electron chi connectivity index (χ4n) is 2.22. The van der Waals surface area contributed by atoms with Gasteiger partial charge in [-0.15, -0.1) is 10.2 Å². The van der Waals surface area contributed by atoms with Crippen molar-refractivity contribution in [2.75, 3.05) is 18.5 Å². The van der Waals surface area contributed by atoms with E-state index >= 15 is 0 Å². The highest BCUT2D eigenvalue weighted by Gasteiger charge is 2.23. The van der Waals surface area contributed by atoms with Crippen molar-refractivity contribution < 1.29 is 4.74 Å². The summed E-state index contributed by atoms with van der Waals surface area (Å²) in [6.07, 6.45) is 1.40. The van der Waals surface area contributed by atoms with Gasteiger partial charge in [-0.05, 0) is 25.5 Å². The number of nitrogens with one attached hydrogen (secondary N) is 1. The molecule has 18 heavy (non-hydrogen) atoms. The Balaban J connectivity index is 1.71. The lowest BCUT2D eigenvalue weighted by molar-refractivity contribution is 0.108. The molecule has 1 saturated heterocycles. The molecule has 1 fully saturated rings. The van der Waals surface area contributed by atoms with Gasteiger partial charge in [0.2, 0.25) is 5.95 Å². The molecule has 1 aliphatic heterocycles. The molecule has 5 nitrogen and oxygen atoms in total. The Morgan fingerprint density at radius 3 is 2.89 bits per heavy atom. The van der Waals surface area contributed by atoms with Gasteiger partial charge in [-0.1, -0.05) is 12.1 Å². The molecule has 1 N–H and O–H groups in total. The molecule has 94 valence electrons. The molecule has 1 aromatic carbocycles. The fraction of sp³-hybridized carbons (Fsp3) is 0.462. The third-order valence-electron chi connectivity index (χ3n) is 3.42. The second kappa shape index (κ2) is 4.86. The van der Waals surface area contributed by atoms with E-state index in [2.05, 4.69) is 27.4 Å². The van der Waals surface area contributed by atoms with E-state index in [4.69, 9.17) is 4.74 Å². The number of hydrogen-bond donors (Lipinski definition) is 1. The van der Waals surface area contributed by atoms with E-state index < -0.39 is 0 Å². The average Bonchev–Trinajstić information content (AvgIpc) is 2.82. The van der Waals surface area contributed by atoms with Crippen LogP contribution in [0.3, 0.4) is 0 Å². The van der Waals surface area contributed by atoms with E-state index in [9.17, 15) is 0 Å². The van der Waals surface area contributed by atoms with Gasteiger partial charge in [0.25, 0.3) is 0 Å². The van der Waals surface area contributed by atoms with Gasteiger partial charge in [0.15, 0.2) is 0 Å². The van der Waals surface area contributed by atoms with Gasteiger partial charge in [-0.2, -0.15) is 0 Å². The molecule has 0 spiro atoms. The van der Waals surface area contributed by atoms with Crippen LogP contribution in [-0.2, 0) is 4.74 Å². The first-order valence-corrected chi connectivity index (χ1v) is 6.28. The van der Waals surface area contributed by atoms with Gasteiger partial charge >= 0.3 is 0 Å². The van der Waals surface area contributed by atoms with E-state index in [1.165, 1.54) is 0 Å². The quantitative estimate of drug-likeness (QED) is 0.893. The maximum absolute atomic E-state index is 5.53. The standard InChI is InChI=1S/C13H16N4O/c1-9-10(6-7-18-9)8-14-13-15-11-4-2-3-5-12(11)16-17-13/h2-5,9-10H,6-8H2,1H3,(H,14,15,17). The molecule has 0 aliphatic carbocycles. The van der Waals surface area contributed by atoms with E-state index in [-0.39, 0.29) is 0 Å². The highest BCUT2D eigenvalue weighted by molar-refractivity contribution is 5.73. The lowest BCUT2D eigenvalue weighted by Gasteiger charge is -2.14. The molecule has 0 radical (unpaired) electrons. The smallest absolute Gasteiger partial charge is 0.243 e. The van der Waals surface area contributed by atoms with Crippen molar-refractivity contribution in [1.29, 1.82) is 0 Å². The molecule has 2 unspecified atom stereocenters. The predicted molar refractivity (Wildman–Crippen MR) is 69.3 cm³/mol. The highest BCUT2D eigenvalue weighted by atomic mass is 16.5. The number of anilines is 1. The normalized spacial score (nSPS) is 23.4. The second-order valence-electron chi connectivity index (χ2n) is 4.63. The monoisotopic (exact) mass is 244 g/mol. The summed E-state index contributed by atoms with van der Waals surface area (Å²) in [5.41, 5.74) is 1.69. The van der Waals surface area contributed by atoms with Crippen LogP contribution in [0.4, 0.5) is 5.95 Å². The molecule has 0 amide bonds. The summed E-state index contributed by atoms with van der Waals surface area (Å²) in [6.45, 7) is 3.80. The molecule has 3 rings (SSSR count). The number of aromatic nitrogens is 3. The summed E-state index contributed by atoms with van der Waals surface area (Å²) in [7, 11) is 0. The molecular formula is C13H16N4O. The zero-order valence-corrected chi connectivity index (χ0v) is 10.3. The van der Waals surface area contributed by atoms with Crippen LogP contribution in [0.15, 0.2) is 24.3 Å². The SMILES string of the molecule is CC1OCCC1CNc1nnc2ccccc2n1. The molecule has 0 bridgehead atoms. The fourth-order valence-corrected chi connectivity index (χ4v) is 2.22. The predicted octanol–water partition coefficient (Wildman–Crippen LogP) is 1.86. The van der Waals surface area contributed by atoms with Gasteiger partial charge in [0, 0.05) is 19.1 Å². The molecular weight excluding hydrogens is 228 g/mol. The first-order chi connectivity index (χ1) is 8.83. The molecule has 2 heterocycles. The van der Waals surface area contributed by atoms with Crippen molar-refractivity contribution in [1.82, 2.24) is 15.2 Å². The first kappa shape index (κ1) is 11.3. The van der Waals surface area contributed by atoms with Crippen LogP contribution in [0, 0.1) is 5.92 Å². The van der Waals surface area contributed by atoms with Crippen molar-refractivity contribution in [3.05, 3.63) is 24.3 Å². The van der Waals surface area contributed by atoms with Crippen molar-refractivity contribution >= 4 is 17.0 Å². The van der Waals surface area contributed by atoms with Gasteiger partial charge < -0.3 is 10.1 Å². The Labute approximate surface area is 106 Å². The third-order valence-corrected chi connectivity index (χ3v) is 3.42. The molecule has 0 saturated carbocycles. The Hall–Kier alpha value is -1.75. The van der Waals surface area contributed by atoms with Gasteiger partial charge in [-0.3, -0.25) is 0 Å². The molecule has 2 atom stereocenters. The maximum Gasteiger partial charge on any atom is 0.243 e. The zero-order chi connectivity index (χ0) is 12.4. The van der Waals surface area contributed by atoms with Crippen LogP contribution in [-0.4, -0.2) is 34.4 Å². The van der Waals surface area contributed by atoms with Crippen molar-refractivity contribution in [3.63, 3.8) is 0 Å². The molecule has 1 aromatic heterocycles.